The van der Waals surface area contributed by atoms with Crippen LogP contribution in [0.2, 0.25) is 0 Å². The molecule has 0 spiro atoms. The normalized spacial score (nSPS) is 12.0. The van der Waals surface area contributed by atoms with Crippen molar-refractivity contribution in [3.05, 3.63) is 59.2 Å². The highest BCUT2D eigenvalue weighted by molar-refractivity contribution is 8.00. The topological polar surface area (TPSA) is 57.0 Å². The number of carbonyl (C=O) groups is 1. The maximum Gasteiger partial charge on any atom is 0.192 e. The van der Waals surface area contributed by atoms with E-state index in [1.807, 2.05) is 67.8 Å². The van der Waals surface area contributed by atoms with E-state index >= 15 is 0 Å². The van der Waals surface area contributed by atoms with E-state index in [1.54, 1.807) is 7.11 Å². The molecule has 28 heavy (non-hydrogen) atoms. The minimum Gasteiger partial charge on any atom is -0.497 e. The van der Waals surface area contributed by atoms with Crippen molar-refractivity contribution in [1.82, 2.24) is 14.8 Å². The fourth-order valence-electron chi connectivity index (χ4n) is 3.05. The summed E-state index contributed by atoms with van der Waals surface area (Å²) in [5.41, 5.74) is 3.83. The van der Waals surface area contributed by atoms with E-state index in [-0.39, 0.29) is 11.0 Å². The maximum atomic E-state index is 13.0. The molecular formula is C22H25N3O2S. The summed E-state index contributed by atoms with van der Waals surface area (Å²) in [4.78, 5) is 13.0. The van der Waals surface area contributed by atoms with Gasteiger partial charge in [0.1, 0.15) is 5.75 Å². The Morgan fingerprint density at radius 2 is 1.86 bits per heavy atom. The number of methoxy groups -OCH3 is 1. The van der Waals surface area contributed by atoms with E-state index in [9.17, 15) is 4.79 Å². The number of nitrogens with zero attached hydrogens (tertiary/aromatic N) is 3. The zero-order chi connectivity index (χ0) is 20.3. The van der Waals surface area contributed by atoms with Gasteiger partial charge in [-0.25, -0.2) is 0 Å². The molecule has 0 radical (unpaired) electrons. The lowest BCUT2D eigenvalue weighted by molar-refractivity contribution is 0.0993. The van der Waals surface area contributed by atoms with E-state index in [4.69, 9.17) is 4.74 Å². The quantitative estimate of drug-likeness (QED) is 0.418. The molecule has 3 aromatic rings. The molecule has 0 aliphatic heterocycles. The van der Waals surface area contributed by atoms with Crippen LogP contribution in [0.15, 0.2) is 47.6 Å². The predicted octanol–water partition coefficient (Wildman–Crippen LogP) is 4.95. The Morgan fingerprint density at radius 1 is 1.14 bits per heavy atom. The molecule has 0 bridgehead atoms. The number of hydrogen-bond acceptors (Lipinski definition) is 5. The van der Waals surface area contributed by atoms with Crippen molar-refractivity contribution in [1.29, 1.82) is 0 Å². The van der Waals surface area contributed by atoms with Crippen LogP contribution in [0, 0.1) is 13.8 Å². The third kappa shape index (κ3) is 4.12. The lowest BCUT2D eigenvalue weighted by Crippen LogP contribution is -2.16. The highest BCUT2D eigenvalue weighted by Gasteiger charge is 2.22. The second kappa shape index (κ2) is 8.61. The summed E-state index contributed by atoms with van der Waals surface area (Å²) in [5.74, 6) is 1.70. The Kier molecular flexibility index (Phi) is 6.19. The maximum absolute atomic E-state index is 13.0. The molecule has 3 rings (SSSR count). The molecule has 0 unspecified atom stereocenters. The third-order valence-corrected chi connectivity index (χ3v) is 5.77. The average Bonchev–Trinajstić information content (AvgIpc) is 3.11. The highest BCUT2D eigenvalue weighted by atomic mass is 32.2. The Balaban J connectivity index is 1.85. The van der Waals surface area contributed by atoms with Crippen molar-refractivity contribution in [2.45, 2.75) is 44.6 Å². The van der Waals surface area contributed by atoms with E-state index in [0.717, 1.165) is 45.5 Å². The Bertz CT molecular complexity index is 980. The van der Waals surface area contributed by atoms with Gasteiger partial charge < -0.3 is 9.30 Å². The van der Waals surface area contributed by atoms with E-state index in [0.29, 0.717) is 0 Å². The largest absolute Gasteiger partial charge is 0.497 e. The minimum absolute atomic E-state index is 0.114. The minimum atomic E-state index is -0.251. The lowest BCUT2D eigenvalue weighted by atomic mass is 10.0. The summed E-state index contributed by atoms with van der Waals surface area (Å²) in [6, 6.07) is 13.7. The van der Waals surface area contributed by atoms with E-state index < -0.39 is 0 Å². The molecule has 5 nitrogen and oxygen atoms in total. The molecule has 6 heteroatoms. The number of rotatable bonds is 7. The SMILES string of the molecule is CCn1c(S[C@H](C)C(=O)c2cc(C)ccc2C)nnc1-c1ccc(OC)cc1. The average molecular weight is 396 g/mol. The van der Waals surface area contributed by atoms with Gasteiger partial charge in [0, 0.05) is 17.7 Å². The second-order valence-corrected chi connectivity index (χ2v) is 8.03. The number of Topliss-reactive ketones (excluding diaryl/α,β-unsaturated/α-hetero) is 1. The van der Waals surface area contributed by atoms with Crippen LogP contribution in [0.5, 0.6) is 5.75 Å². The molecule has 2 aromatic carbocycles. The monoisotopic (exact) mass is 395 g/mol. The number of thioether (sulfide) groups is 1. The summed E-state index contributed by atoms with van der Waals surface area (Å²) in [7, 11) is 1.65. The Hall–Kier alpha value is -2.60. The zero-order valence-electron chi connectivity index (χ0n) is 16.9. The van der Waals surface area contributed by atoms with Gasteiger partial charge in [-0.15, -0.1) is 10.2 Å². The standard InChI is InChI=1S/C22H25N3O2S/c1-6-25-21(17-9-11-18(27-5)12-10-17)23-24-22(25)28-16(4)20(26)19-13-14(2)7-8-15(19)3/h7-13,16H,6H2,1-5H3/t16-/m1/s1. The number of carbonyl (C=O) groups excluding carboxylic acids is 1. The zero-order valence-corrected chi connectivity index (χ0v) is 17.7. The summed E-state index contributed by atoms with van der Waals surface area (Å²) in [6.07, 6.45) is 0. The van der Waals surface area contributed by atoms with Gasteiger partial charge in [0.25, 0.3) is 0 Å². The number of aromatic nitrogens is 3. The molecule has 1 atom stereocenters. The molecule has 0 saturated carbocycles. The molecule has 0 saturated heterocycles. The van der Waals surface area contributed by atoms with E-state index in [1.165, 1.54) is 11.8 Å². The van der Waals surface area contributed by atoms with Crippen LogP contribution in [0.25, 0.3) is 11.4 Å². The fraction of sp³-hybridized carbons (Fsp3) is 0.318. The first-order chi connectivity index (χ1) is 13.4. The van der Waals surface area contributed by atoms with Gasteiger partial charge in [0.05, 0.1) is 12.4 Å². The van der Waals surface area contributed by atoms with Crippen LogP contribution in [0.4, 0.5) is 0 Å². The van der Waals surface area contributed by atoms with Gasteiger partial charge >= 0.3 is 0 Å². The fourth-order valence-corrected chi connectivity index (χ4v) is 4.03. The lowest BCUT2D eigenvalue weighted by Gasteiger charge is -2.13. The van der Waals surface area contributed by atoms with Gasteiger partial charge in [0.15, 0.2) is 16.8 Å². The van der Waals surface area contributed by atoms with Crippen molar-refractivity contribution in [2.24, 2.45) is 0 Å². The summed E-state index contributed by atoms with van der Waals surface area (Å²) in [6.45, 7) is 8.68. The van der Waals surface area contributed by atoms with Crippen molar-refractivity contribution in [2.75, 3.05) is 7.11 Å². The van der Waals surface area contributed by atoms with Crippen molar-refractivity contribution in [3.8, 4) is 17.1 Å². The van der Waals surface area contributed by atoms with E-state index in [2.05, 4.69) is 17.1 Å². The molecule has 0 fully saturated rings. The van der Waals surface area contributed by atoms with Crippen molar-refractivity contribution >= 4 is 17.5 Å². The van der Waals surface area contributed by atoms with Crippen LogP contribution in [-0.4, -0.2) is 32.9 Å². The summed E-state index contributed by atoms with van der Waals surface area (Å²) in [5, 5.41) is 9.22. The van der Waals surface area contributed by atoms with Gasteiger partial charge in [-0.1, -0.05) is 29.5 Å². The first-order valence-corrected chi connectivity index (χ1v) is 10.2. The van der Waals surface area contributed by atoms with Crippen LogP contribution >= 0.6 is 11.8 Å². The van der Waals surface area contributed by atoms with Crippen molar-refractivity contribution < 1.29 is 9.53 Å². The van der Waals surface area contributed by atoms with Gasteiger partial charge in [-0.3, -0.25) is 4.79 Å². The summed E-state index contributed by atoms with van der Waals surface area (Å²) < 4.78 is 7.26. The predicted molar refractivity (Wildman–Crippen MR) is 113 cm³/mol. The number of aryl methyl sites for hydroxylation is 2. The second-order valence-electron chi connectivity index (χ2n) is 6.72. The molecule has 0 aliphatic carbocycles. The number of hydrogen-bond donors (Lipinski definition) is 0. The smallest absolute Gasteiger partial charge is 0.192 e. The van der Waals surface area contributed by atoms with Crippen molar-refractivity contribution in [3.63, 3.8) is 0 Å². The molecule has 1 aromatic heterocycles. The molecule has 1 heterocycles. The van der Waals surface area contributed by atoms with Crippen LogP contribution in [-0.2, 0) is 6.54 Å². The molecule has 0 aliphatic rings. The molecule has 146 valence electrons. The van der Waals surface area contributed by atoms with Crippen LogP contribution < -0.4 is 4.74 Å². The third-order valence-electron chi connectivity index (χ3n) is 4.69. The first-order valence-electron chi connectivity index (χ1n) is 9.30. The number of ether oxygens (including phenoxy) is 1. The summed E-state index contributed by atoms with van der Waals surface area (Å²) >= 11 is 1.45. The molecular weight excluding hydrogens is 370 g/mol. The highest BCUT2D eigenvalue weighted by Crippen LogP contribution is 2.29. The Labute approximate surface area is 170 Å². The number of ketones is 1. The van der Waals surface area contributed by atoms with Crippen LogP contribution in [0.1, 0.15) is 35.3 Å². The van der Waals surface area contributed by atoms with Crippen LogP contribution in [0.3, 0.4) is 0 Å². The Morgan fingerprint density at radius 3 is 2.50 bits per heavy atom. The number of benzene rings is 2. The van der Waals surface area contributed by atoms with Gasteiger partial charge in [-0.05, 0) is 63.6 Å². The van der Waals surface area contributed by atoms with Gasteiger partial charge in [0.2, 0.25) is 0 Å². The first kappa shape index (κ1) is 20.1. The van der Waals surface area contributed by atoms with Gasteiger partial charge in [-0.2, -0.15) is 0 Å². The molecule has 0 amide bonds. The molecule has 0 N–H and O–H groups in total.